The van der Waals surface area contributed by atoms with Crippen molar-refractivity contribution < 1.29 is 9.53 Å². The van der Waals surface area contributed by atoms with E-state index in [0.29, 0.717) is 23.2 Å². The van der Waals surface area contributed by atoms with Crippen LogP contribution in [-0.4, -0.2) is 35.9 Å². The van der Waals surface area contributed by atoms with Crippen molar-refractivity contribution >= 4 is 17.5 Å². The van der Waals surface area contributed by atoms with Crippen LogP contribution in [0.4, 0.5) is 0 Å². The minimum atomic E-state index is -0.144. The fraction of sp³-hybridized carbons (Fsp3) is 0.333. The molecule has 1 saturated heterocycles. The van der Waals surface area contributed by atoms with Gasteiger partial charge in [-0.05, 0) is 24.6 Å². The number of carbonyl (C=O) groups is 1. The van der Waals surface area contributed by atoms with E-state index in [2.05, 4.69) is 15.5 Å². The first-order valence-corrected chi connectivity index (χ1v) is 7.27. The molecule has 1 atom stereocenters. The number of hydrogen-bond acceptors (Lipinski definition) is 3. The third kappa shape index (κ3) is 3.43. The van der Waals surface area contributed by atoms with E-state index in [-0.39, 0.29) is 5.91 Å². The molecule has 1 aliphatic rings. The number of rotatable bonds is 4. The second kappa shape index (κ2) is 6.28. The maximum Gasteiger partial charge on any atom is 0.269 e. The predicted octanol–water partition coefficient (Wildman–Crippen LogP) is 2.50. The molecule has 110 valence electrons. The largest absolute Gasteiger partial charge is 0.381 e. The summed E-state index contributed by atoms with van der Waals surface area (Å²) in [6.07, 6.45) is 0.999. The van der Waals surface area contributed by atoms with E-state index in [4.69, 9.17) is 16.3 Å². The average Bonchev–Trinajstić information content (AvgIpc) is 3.17. The number of H-pyrrole nitrogens is 1. The molecule has 0 aliphatic carbocycles. The Morgan fingerprint density at radius 2 is 2.24 bits per heavy atom. The summed E-state index contributed by atoms with van der Waals surface area (Å²) in [5, 5.41) is 10.5. The Balaban J connectivity index is 1.63. The maximum atomic E-state index is 12.1. The van der Waals surface area contributed by atoms with Crippen molar-refractivity contribution in [2.45, 2.75) is 6.42 Å². The first-order chi connectivity index (χ1) is 10.2. The van der Waals surface area contributed by atoms with Gasteiger partial charge in [-0.1, -0.05) is 23.7 Å². The van der Waals surface area contributed by atoms with E-state index < -0.39 is 0 Å². The highest BCUT2D eigenvalue weighted by molar-refractivity contribution is 6.30. The summed E-state index contributed by atoms with van der Waals surface area (Å²) in [5.74, 6) is 0.266. The zero-order valence-electron chi connectivity index (χ0n) is 11.4. The lowest BCUT2D eigenvalue weighted by Gasteiger charge is -2.07. The molecule has 0 radical (unpaired) electrons. The lowest BCUT2D eigenvalue weighted by atomic mass is 10.1. The Morgan fingerprint density at radius 3 is 2.95 bits per heavy atom. The van der Waals surface area contributed by atoms with Gasteiger partial charge in [0.1, 0.15) is 5.69 Å². The number of ether oxygens (including phenoxy) is 1. The molecular formula is C15H16ClN3O2. The Morgan fingerprint density at radius 1 is 1.43 bits per heavy atom. The molecule has 1 fully saturated rings. The highest BCUT2D eigenvalue weighted by atomic mass is 35.5. The smallest absolute Gasteiger partial charge is 0.269 e. The van der Waals surface area contributed by atoms with Gasteiger partial charge in [0.25, 0.3) is 5.91 Å². The van der Waals surface area contributed by atoms with Crippen molar-refractivity contribution in [1.29, 1.82) is 0 Å². The summed E-state index contributed by atoms with van der Waals surface area (Å²) < 4.78 is 5.28. The second-order valence-electron chi connectivity index (χ2n) is 5.11. The van der Waals surface area contributed by atoms with Crippen molar-refractivity contribution in [2.24, 2.45) is 5.92 Å². The molecule has 6 heteroatoms. The quantitative estimate of drug-likeness (QED) is 0.912. The number of aromatic amines is 1. The first-order valence-electron chi connectivity index (χ1n) is 6.89. The monoisotopic (exact) mass is 305 g/mol. The third-order valence-electron chi connectivity index (χ3n) is 3.54. The molecule has 1 aliphatic heterocycles. The molecular weight excluding hydrogens is 290 g/mol. The van der Waals surface area contributed by atoms with Crippen molar-refractivity contribution in [3.63, 3.8) is 0 Å². The summed E-state index contributed by atoms with van der Waals surface area (Å²) in [5.41, 5.74) is 2.10. The van der Waals surface area contributed by atoms with Gasteiger partial charge in [-0.25, -0.2) is 0 Å². The van der Waals surface area contributed by atoms with Gasteiger partial charge >= 0.3 is 0 Å². The number of nitrogens with one attached hydrogen (secondary N) is 2. The minimum absolute atomic E-state index is 0.144. The Kier molecular flexibility index (Phi) is 4.22. The summed E-state index contributed by atoms with van der Waals surface area (Å²) >= 11 is 5.86. The van der Waals surface area contributed by atoms with Crippen molar-refractivity contribution in [3.05, 3.63) is 41.0 Å². The highest BCUT2D eigenvalue weighted by Gasteiger charge is 2.17. The summed E-state index contributed by atoms with van der Waals surface area (Å²) in [7, 11) is 0. The number of amides is 1. The molecule has 0 bridgehead atoms. The van der Waals surface area contributed by atoms with Gasteiger partial charge in [0.05, 0.1) is 12.3 Å². The Hall–Kier alpha value is -1.85. The van der Waals surface area contributed by atoms with Crippen LogP contribution in [0.15, 0.2) is 30.3 Å². The number of nitrogens with zero attached hydrogens (tertiary/aromatic N) is 1. The molecule has 21 heavy (non-hydrogen) atoms. The van der Waals surface area contributed by atoms with E-state index in [1.54, 1.807) is 18.2 Å². The van der Waals surface area contributed by atoms with Crippen LogP contribution in [0.1, 0.15) is 16.9 Å². The van der Waals surface area contributed by atoms with Gasteiger partial charge in [-0.3, -0.25) is 9.89 Å². The molecule has 2 N–H and O–H groups in total. The highest BCUT2D eigenvalue weighted by Crippen LogP contribution is 2.20. The van der Waals surface area contributed by atoms with Crippen LogP contribution in [0.25, 0.3) is 11.3 Å². The molecule has 2 heterocycles. The van der Waals surface area contributed by atoms with E-state index in [0.717, 1.165) is 30.9 Å². The van der Waals surface area contributed by atoms with E-state index in [1.807, 2.05) is 12.1 Å². The van der Waals surface area contributed by atoms with Gasteiger partial charge in [-0.15, -0.1) is 0 Å². The van der Waals surface area contributed by atoms with Crippen LogP contribution in [-0.2, 0) is 4.74 Å². The van der Waals surface area contributed by atoms with Gasteiger partial charge in [-0.2, -0.15) is 5.10 Å². The molecule has 0 spiro atoms. The van der Waals surface area contributed by atoms with Gasteiger partial charge in [0.2, 0.25) is 0 Å². The Bertz CT molecular complexity index is 618. The van der Waals surface area contributed by atoms with Crippen LogP contribution in [0, 0.1) is 5.92 Å². The van der Waals surface area contributed by atoms with Gasteiger partial charge in [0, 0.05) is 29.7 Å². The maximum absolute atomic E-state index is 12.1. The van der Waals surface area contributed by atoms with E-state index >= 15 is 0 Å². The van der Waals surface area contributed by atoms with Crippen molar-refractivity contribution in [3.8, 4) is 11.3 Å². The number of carbonyl (C=O) groups excluding carboxylic acids is 1. The second-order valence-corrected chi connectivity index (χ2v) is 5.55. The zero-order valence-corrected chi connectivity index (χ0v) is 12.2. The van der Waals surface area contributed by atoms with Crippen LogP contribution < -0.4 is 5.32 Å². The van der Waals surface area contributed by atoms with Gasteiger partial charge in [0.15, 0.2) is 0 Å². The first kappa shape index (κ1) is 14.1. The molecule has 2 aromatic rings. The average molecular weight is 306 g/mol. The molecule has 1 amide bonds. The molecule has 0 unspecified atom stereocenters. The van der Waals surface area contributed by atoms with E-state index in [9.17, 15) is 4.79 Å². The normalized spacial score (nSPS) is 17.9. The SMILES string of the molecule is O=C(NC[C@H]1CCOC1)c1cc(-c2ccc(Cl)cc2)n[nH]1. The molecule has 5 nitrogen and oxygen atoms in total. The predicted molar refractivity (Wildman–Crippen MR) is 80.3 cm³/mol. The fourth-order valence-corrected chi connectivity index (χ4v) is 2.41. The third-order valence-corrected chi connectivity index (χ3v) is 3.79. The summed E-state index contributed by atoms with van der Waals surface area (Å²) in [4.78, 5) is 12.1. The number of aromatic nitrogens is 2. The molecule has 3 rings (SSSR count). The van der Waals surface area contributed by atoms with Crippen LogP contribution >= 0.6 is 11.6 Å². The summed E-state index contributed by atoms with van der Waals surface area (Å²) in [6.45, 7) is 2.14. The number of benzene rings is 1. The fourth-order valence-electron chi connectivity index (χ4n) is 2.28. The van der Waals surface area contributed by atoms with Crippen LogP contribution in [0.5, 0.6) is 0 Å². The number of halogens is 1. The zero-order chi connectivity index (χ0) is 14.7. The standard InChI is InChI=1S/C15H16ClN3O2/c16-12-3-1-11(2-4-12)13-7-14(19-18-13)15(20)17-8-10-5-6-21-9-10/h1-4,7,10H,5-6,8-9H2,(H,17,20)(H,18,19)/t10-/m1/s1. The summed E-state index contributed by atoms with van der Waals surface area (Å²) in [6, 6.07) is 9.08. The van der Waals surface area contributed by atoms with Crippen molar-refractivity contribution in [1.82, 2.24) is 15.5 Å². The minimum Gasteiger partial charge on any atom is -0.381 e. The van der Waals surface area contributed by atoms with Gasteiger partial charge < -0.3 is 10.1 Å². The topological polar surface area (TPSA) is 67.0 Å². The van der Waals surface area contributed by atoms with Crippen LogP contribution in [0.3, 0.4) is 0 Å². The molecule has 0 saturated carbocycles. The molecule has 1 aromatic heterocycles. The van der Waals surface area contributed by atoms with Crippen LogP contribution in [0.2, 0.25) is 5.02 Å². The lowest BCUT2D eigenvalue weighted by molar-refractivity contribution is 0.0940. The lowest BCUT2D eigenvalue weighted by Crippen LogP contribution is -2.29. The van der Waals surface area contributed by atoms with Crippen molar-refractivity contribution in [2.75, 3.05) is 19.8 Å². The Labute approximate surface area is 127 Å². The number of hydrogen-bond donors (Lipinski definition) is 2. The molecule has 1 aromatic carbocycles. The van der Waals surface area contributed by atoms with E-state index in [1.165, 1.54) is 0 Å².